The monoisotopic (exact) mass is 483 g/mol. The molecule has 1 unspecified atom stereocenters. The van der Waals surface area contributed by atoms with Gasteiger partial charge in [0.1, 0.15) is 5.82 Å². The van der Waals surface area contributed by atoms with Crippen LogP contribution in [-0.2, 0) is 0 Å². The number of hydrogen-bond acceptors (Lipinski definition) is 6. The number of aromatic nitrogens is 1. The van der Waals surface area contributed by atoms with Crippen LogP contribution in [0.4, 0.5) is 11.5 Å². The van der Waals surface area contributed by atoms with Crippen molar-refractivity contribution in [3.8, 4) is 0 Å². The van der Waals surface area contributed by atoms with E-state index in [1.807, 2.05) is 0 Å². The lowest BCUT2D eigenvalue weighted by Gasteiger charge is -2.36. The summed E-state index contributed by atoms with van der Waals surface area (Å²) in [5.74, 6) is 1.10. The summed E-state index contributed by atoms with van der Waals surface area (Å²) in [6, 6.07) is 9.26. The van der Waals surface area contributed by atoms with E-state index in [9.17, 15) is 0 Å². The predicted molar refractivity (Wildman–Crippen MR) is 148 cm³/mol. The van der Waals surface area contributed by atoms with Gasteiger partial charge in [-0.2, -0.15) is 0 Å². The van der Waals surface area contributed by atoms with Crippen molar-refractivity contribution in [1.82, 2.24) is 25.4 Å². The SMILES string of the molecule is CCN(CC)CCNC(=S)Nc1ccc2nc(N3CCN(CC4CCCN4)CC3)cc(C)c2c1. The van der Waals surface area contributed by atoms with Gasteiger partial charge in [0.05, 0.1) is 5.52 Å². The zero-order valence-electron chi connectivity index (χ0n) is 21.1. The average Bonchev–Trinajstić information content (AvgIpc) is 3.36. The molecule has 0 aliphatic carbocycles. The molecule has 1 aromatic carbocycles. The summed E-state index contributed by atoms with van der Waals surface area (Å²) >= 11 is 5.51. The molecule has 2 aromatic rings. The fourth-order valence-corrected chi connectivity index (χ4v) is 5.26. The van der Waals surface area contributed by atoms with Crippen molar-refractivity contribution in [3.63, 3.8) is 0 Å². The molecule has 0 bridgehead atoms. The molecule has 0 saturated carbocycles. The van der Waals surface area contributed by atoms with E-state index in [1.54, 1.807) is 0 Å². The Labute approximate surface area is 210 Å². The average molecular weight is 484 g/mol. The van der Waals surface area contributed by atoms with E-state index in [1.165, 1.54) is 36.9 Å². The molecule has 3 N–H and O–H groups in total. The van der Waals surface area contributed by atoms with E-state index in [-0.39, 0.29) is 0 Å². The summed E-state index contributed by atoms with van der Waals surface area (Å²) < 4.78 is 0. The molecule has 0 radical (unpaired) electrons. The maximum Gasteiger partial charge on any atom is 0.170 e. The number of thiocarbonyl (C=S) groups is 1. The molecule has 34 heavy (non-hydrogen) atoms. The number of rotatable bonds is 9. The lowest BCUT2D eigenvalue weighted by molar-refractivity contribution is 0.235. The van der Waals surface area contributed by atoms with Crippen LogP contribution in [0, 0.1) is 6.92 Å². The lowest BCUT2D eigenvalue weighted by Crippen LogP contribution is -2.50. The molecule has 186 valence electrons. The van der Waals surface area contributed by atoms with Crippen molar-refractivity contribution in [2.45, 2.75) is 39.7 Å². The van der Waals surface area contributed by atoms with Crippen molar-refractivity contribution in [2.75, 3.05) is 75.7 Å². The number of hydrogen-bond donors (Lipinski definition) is 3. The van der Waals surface area contributed by atoms with E-state index in [0.717, 1.165) is 69.4 Å². The quantitative estimate of drug-likeness (QED) is 0.471. The van der Waals surface area contributed by atoms with Gasteiger partial charge in [-0.3, -0.25) is 4.90 Å². The lowest BCUT2D eigenvalue weighted by atomic mass is 10.1. The van der Waals surface area contributed by atoms with Gasteiger partial charge in [0, 0.05) is 62.9 Å². The number of nitrogens with zero attached hydrogens (tertiary/aromatic N) is 4. The van der Waals surface area contributed by atoms with Gasteiger partial charge in [-0.25, -0.2) is 4.98 Å². The second-order valence-corrected chi connectivity index (χ2v) is 9.93. The van der Waals surface area contributed by atoms with Crippen LogP contribution < -0.4 is 20.9 Å². The molecule has 2 fully saturated rings. The molecule has 2 saturated heterocycles. The van der Waals surface area contributed by atoms with E-state index in [0.29, 0.717) is 11.2 Å². The minimum absolute atomic E-state index is 0.666. The third-order valence-corrected chi connectivity index (χ3v) is 7.45. The van der Waals surface area contributed by atoms with Crippen molar-refractivity contribution >= 4 is 39.7 Å². The number of aryl methyl sites for hydroxylation is 1. The summed E-state index contributed by atoms with van der Waals surface area (Å²) in [6.45, 7) is 17.2. The second-order valence-electron chi connectivity index (χ2n) is 9.52. The van der Waals surface area contributed by atoms with E-state index in [2.05, 4.69) is 75.7 Å². The molecule has 4 rings (SSSR count). The maximum atomic E-state index is 5.51. The highest BCUT2D eigenvalue weighted by molar-refractivity contribution is 7.80. The van der Waals surface area contributed by atoms with Gasteiger partial charge in [0.2, 0.25) is 0 Å². The Balaban J connectivity index is 1.33. The molecular weight excluding hydrogens is 442 g/mol. The largest absolute Gasteiger partial charge is 0.361 e. The zero-order chi connectivity index (χ0) is 23.9. The molecule has 1 aromatic heterocycles. The van der Waals surface area contributed by atoms with Crippen LogP contribution in [0.3, 0.4) is 0 Å². The van der Waals surface area contributed by atoms with E-state index >= 15 is 0 Å². The Morgan fingerprint density at radius 2 is 1.97 bits per heavy atom. The Morgan fingerprint density at radius 1 is 1.18 bits per heavy atom. The van der Waals surface area contributed by atoms with Gasteiger partial charge in [0.25, 0.3) is 0 Å². The topological polar surface area (TPSA) is 58.7 Å². The molecule has 2 aliphatic heterocycles. The van der Waals surface area contributed by atoms with Crippen LogP contribution in [-0.4, -0.2) is 91.4 Å². The third-order valence-electron chi connectivity index (χ3n) is 7.21. The normalized spacial score (nSPS) is 19.2. The smallest absolute Gasteiger partial charge is 0.170 e. The molecule has 1 atom stereocenters. The molecule has 7 nitrogen and oxygen atoms in total. The maximum absolute atomic E-state index is 5.51. The van der Waals surface area contributed by atoms with Crippen LogP contribution in [0.2, 0.25) is 0 Å². The molecule has 8 heteroatoms. The molecule has 0 amide bonds. The fraction of sp³-hybridized carbons (Fsp3) is 0.615. The van der Waals surface area contributed by atoms with Crippen LogP contribution in [0.25, 0.3) is 10.9 Å². The van der Waals surface area contributed by atoms with Crippen LogP contribution in [0.15, 0.2) is 24.3 Å². The van der Waals surface area contributed by atoms with Gasteiger partial charge >= 0.3 is 0 Å². The van der Waals surface area contributed by atoms with Crippen LogP contribution in [0.5, 0.6) is 0 Å². The summed E-state index contributed by atoms with van der Waals surface area (Å²) in [7, 11) is 0. The summed E-state index contributed by atoms with van der Waals surface area (Å²) in [4.78, 5) is 12.4. The van der Waals surface area contributed by atoms with Gasteiger partial charge in [-0.1, -0.05) is 13.8 Å². The Bertz CT molecular complexity index is 948. The van der Waals surface area contributed by atoms with Gasteiger partial charge in [-0.05, 0) is 81.4 Å². The van der Waals surface area contributed by atoms with E-state index < -0.39 is 0 Å². The molecule has 3 heterocycles. The highest BCUT2D eigenvalue weighted by Crippen LogP contribution is 2.26. The first-order valence-corrected chi connectivity index (χ1v) is 13.4. The number of pyridine rings is 1. The highest BCUT2D eigenvalue weighted by atomic mass is 32.1. The minimum atomic E-state index is 0.666. The fourth-order valence-electron chi connectivity index (χ4n) is 5.04. The summed E-state index contributed by atoms with van der Waals surface area (Å²) in [6.07, 6.45) is 2.64. The Hall–Kier alpha value is -2.00. The number of nitrogens with one attached hydrogen (secondary N) is 3. The molecule has 2 aliphatic rings. The van der Waals surface area contributed by atoms with Gasteiger partial charge in [-0.15, -0.1) is 0 Å². The first-order valence-electron chi connectivity index (χ1n) is 12.9. The molecular formula is C26H41N7S. The minimum Gasteiger partial charge on any atom is -0.361 e. The summed E-state index contributed by atoms with van der Waals surface area (Å²) in [5.41, 5.74) is 3.29. The first kappa shape index (κ1) is 25.1. The number of piperazine rings is 1. The number of fused-ring (bicyclic) bond motifs is 1. The first-order chi connectivity index (χ1) is 16.6. The zero-order valence-corrected chi connectivity index (χ0v) is 21.9. The summed E-state index contributed by atoms with van der Waals surface area (Å²) in [5, 5.41) is 12.1. The van der Waals surface area contributed by atoms with Gasteiger partial charge < -0.3 is 25.8 Å². The van der Waals surface area contributed by atoms with Crippen LogP contribution in [0.1, 0.15) is 32.3 Å². The third kappa shape index (κ3) is 6.56. The Morgan fingerprint density at radius 3 is 2.68 bits per heavy atom. The highest BCUT2D eigenvalue weighted by Gasteiger charge is 2.23. The van der Waals surface area contributed by atoms with Crippen molar-refractivity contribution in [3.05, 3.63) is 29.8 Å². The molecule has 0 spiro atoms. The Kier molecular flexibility index (Phi) is 8.94. The van der Waals surface area contributed by atoms with Crippen molar-refractivity contribution < 1.29 is 0 Å². The van der Waals surface area contributed by atoms with Crippen LogP contribution >= 0.6 is 12.2 Å². The number of anilines is 2. The van der Waals surface area contributed by atoms with Gasteiger partial charge in [0.15, 0.2) is 5.11 Å². The van der Waals surface area contributed by atoms with Crippen molar-refractivity contribution in [1.29, 1.82) is 0 Å². The number of benzene rings is 1. The predicted octanol–water partition coefficient (Wildman–Crippen LogP) is 3.05. The number of likely N-dealkylation sites (N-methyl/N-ethyl adjacent to an activating group) is 1. The van der Waals surface area contributed by atoms with Crippen molar-refractivity contribution in [2.24, 2.45) is 0 Å². The van der Waals surface area contributed by atoms with E-state index in [4.69, 9.17) is 17.2 Å². The standard InChI is InChI=1S/C26H41N7S/c1-4-31(5-2)12-11-28-26(34)29-21-8-9-24-23(18-21)20(3)17-25(30-24)33-15-13-32(14-16-33)19-22-7-6-10-27-22/h8-9,17-18,22,27H,4-7,10-16,19H2,1-3H3,(H2,28,29,34). The second kappa shape index (κ2) is 12.1.